The highest BCUT2D eigenvalue weighted by Crippen LogP contribution is 2.21. The van der Waals surface area contributed by atoms with Gasteiger partial charge < -0.3 is 19.5 Å². The summed E-state index contributed by atoms with van der Waals surface area (Å²) in [5.41, 5.74) is 0.900. The van der Waals surface area contributed by atoms with Crippen molar-refractivity contribution in [2.24, 2.45) is 0 Å². The zero-order valence-electron chi connectivity index (χ0n) is 13.6. The fraction of sp³-hybridized carbons (Fsp3) is 0.278. The summed E-state index contributed by atoms with van der Waals surface area (Å²) in [6.07, 6.45) is -0.296. The van der Waals surface area contributed by atoms with Crippen molar-refractivity contribution in [3.63, 3.8) is 0 Å². The van der Waals surface area contributed by atoms with Gasteiger partial charge in [0.1, 0.15) is 17.3 Å². The number of carbonyl (C=O) groups is 1. The number of rotatable bonds is 8. The Morgan fingerprint density at radius 3 is 2.54 bits per heavy atom. The van der Waals surface area contributed by atoms with Crippen molar-refractivity contribution in [2.75, 3.05) is 27.4 Å². The van der Waals surface area contributed by atoms with Crippen LogP contribution in [-0.4, -0.2) is 33.3 Å². The number of carbonyl (C=O) groups excluding carboxylic acids is 1. The maximum Gasteiger partial charge on any atom is 0.258 e. The Labute approximate surface area is 140 Å². The third-order valence-corrected chi connectivity index (χ3v) is 3.42. The molecule has 0 fully saturated rings. The molecule has 24 heavy (non-hydrogen) atoms. The van der Waals surface area contributed by atoms with E-state index in [0.29, 0.717) is 12.3 Å². The second-order valence-electron chi connectivity index (χ2n) is 5.05. The van der Waals surface area contributed by atoms with E-state index in [-0.39, 0.29) is 24.4 Å². The number of benzene rings is 2. The lowest BCUT2D eigenvalue weighted by Crippen LogP contribution is -2.33. The van der Waals surface area contributed by atoms with Crippen LogP contribution in [-0.2, 0) is 9.53 Å². The first-order chi connectivity index (χ1) is 11.6. The normalized spacial score (nSPS) is 11.6. The minimum atomic E-state index is -0.354. The van der Waals surface area contributed by atoms with Gasteiger partial charge in [-0.1, -0.05) is 12.1 Å². The molecule has 1 amide bonds. The molecule has 0 radical (unpaired) electrons. The van der Waals surface area contributed by atoms with Crippen LogP contribution in [0.5, 0.6) is 11.5 Å². The van der Waals surface area contributed by atoms with Crippen molar-refractivity contribution in [2.45, 2.75) is 6.10 Å². The van der Waals surface area contributed by atoms with Gasteiger partial charge in [-0.3, -0.25) is 4.79 Å². The predicted octanol–water partition coefficient (Wildman–Crippen LogP) is 2.72. The summed E-state index contributed by atoms with van der Waals surface area (Å²) in [7, 11) is 3.17. The van der Waals surface area contributed by atoms with Gasteiger partial charge in [-0.05, 0) is 42.0 Å². The molecule has 0 saturated heterocycles. The van der Waals surface area contributed by atoms with Crippen molar-refractivity contribution in [3.8, 4) is 11.5 Å². The number of ether oxygens (including phenoxy) is 3. The largest absolute Gasteiger partial charge is 0.497 e. The molecule has 0 heterocycles. The maximum absolute atomic E-state index is 12.8. The van der Waals surface area contributed by atoms with E-state index in [2.05, 4.69) is 5.32 Å². The Balaban J connectivity index is 1.83. The van der Waals surface area contributed by atoms with Gasteiger partial charge in [0.05, 0.1) is 13.2 Å². The van der Waals surface area contributed by atoms with Crippen molar-refractivity contribution >= 4 is 5.91 Å². The molecule has 2 rings (SSSR count). The van der Waals surface area contributed by atoms with Crippen LogP contribution in [0.25, 0.3) is 0 Å². The van der Waals surface area contributed by atoms with Crippen LogP contribution in [0.15, 0.2) is 48.5 Å². The molecule has 1 N–H and O–H groups in total. The number of hydrogen-bond acceptors (Lipinski definition) is 4. The first kappa shape index (κ1) is 17.7. The summed E-state index contributed by atoms with van der Waals surface area (Å²) in [6.45, 7) is 0.148. The quantitative estimate of drug-likeness (QED) is 0.807. The highest BCUT2D eigenvalue weighted by atomic mass is 19.1. The monoisotopic (exact) mass is 333 g/mol. The second kappa shape index (κ2) is 8.88. The number of hydrogen-bond donors (Lipinski definition) is 1. The first-order valence-electron chi connectivity index (χ1n) is 7.44. The van der Waals surface area contributed by atoms with E-state index >= 15 is 0 Å². The average Bonchev–Trinajstić information content (AvgIpc) is 2.62. The summed E-state index contributed by atoms with van der Waals surface area (Å²) >= 11 is 0. The molecular formula is C18H20FNO4. The lowest BCUT2D eigenvalue weighted by atomic mass is 10.1. The Kier molecular flexibility index (Phi) is 6.57. The molecule has 1 unspecified atom stereocenters. The summed E-state index contributed by atoms with van der Waals surface area (Å²) in [4.78, 5) is 11.9. The van der Waals surface area contributed by atoms with E-state index in [1.54, 1.807) is 14.2 Å². The molecule has 1 atom stereocenters. The van der Waals surface area contributed by atoms with Gasteiger partial charge in [0.25, 0.3) is 5.91 Å². The fourth-order valence-corrected chi connectivity index (χ4v) is 2.12. The van der Waals surface area contributed by atoms with Crippen molar-refractivity contribution < 1.29 is 23.4 Å². The molecule has 5 nitrogen and oxygen atoms in total. The van der Waals surface area contributed by atoms with Gasteiger partial charge in [0.2, 0.25) is 0 Å². The summed E-state index contributed by atoms with van der Waals surface area (Å²) in [6, 6.07) is 12.9. The zero-order valence-corrected chi connectivity index (χ0v) is 13.6. The SMILES string of the molecule is COc1cccc(C(CNC(=O)COc2ccc(F)cc2)OC)c1. The number of methoxy groups -OCH3 is 2. The van der Waals surface area contributed by atoms with Crippen LogP contribution < -0.4 is 14.8 Å². The highest BCUT2D eigenvalue weighted by molar-refractivity contribution is 5.77. The van der Waals surface area contributed by atoms with Gasteiger partial charge in [-0.25, -0.2) is 4.39 Å². The van der Waals surface area contributed by atoms with E-state index in [1.807, 2.05) is 24.3 Å². The Hall–Kier alpha value is -2.60. The third kappa shape index (κ3) is 5.24. The molecule has 0 spiro atoms. The number of nitrogens with one attached hydrogen (secondary N) is 1. The molecule has 0 aliphatic carbocycles. The van der Waals surface area contributed by atoms with Gasteiger partial charge in [-0.2, -0.15) is 0 Å². The molecule has 0 saturated carbocycles. The Morgan fingerprint density at radius 1 is 1.12 bits per heavy atom. The van der Waals surface area contributed by atoms with Crippen molar-refractivity contribution in [1.82, 2.24) is 5.32 Å². The topological polar surface area (TPSA) is 56.8 Å². The minimum Gasteiger partial charge on any atom is -0.497 e. The molecule has 6 heteroatoms. The van der Waals surface area contributed by atoms with Crippen LogP contribution in [0.3, 0.4) is 0 Å². The van der Waals surface area contributed by atoms with E-state index in [4.69, 9.17) is 14.2 Å². The predicted molar refractivity (Wildman–Crippen MR) is 87.6 cm³/mol. The van der Waals surface area contributed by atoms with Crippen LogP contribution in [0, 0.1) is 5.82 Å². The summed E-state index contributed by atoms with van der Waals surface area (Å²) in [5.74, 6) is 0.514. The summed E-state index contributed by atoms with van der Waals surface area (Å²) in [5, 5.41) is 2.75. The van der Waals surface area contributed by atoms with Crippen LogP contribution in [0.1, 0.15) is 11.7 Å². The molecule has 0 aromatic heterocycles. The fourth-order valence-electron chi connectivity index (χ4n) is 2.12. The Morgan fingerprint density at radius 2 is 1.88 bits per heavy atom. The van der Waals surface area contributed by atoms with Crippen LogP contribution >= 0.6 is 0 Å². The number of amides is 1. The minimum absolute atomic E-state index is 0.153. The highest BCUT2D eigenvalue weighted by Gasteiger charge is 2.13. The molecular weight excluding hydrogens is 313 g/mol. The van der Waals surface area contributed by atoms with Gasteiger partial charge in [0, 0.05) is 13.7 Å². The lowest BCUT2D eigenvalue weighted by molar-refractivity contribution is -0.123. The maximum atomic E-state index is 12.8. The van der Waals surface area contributed by atoms with Crippen LogP contribution in [0.4, 0.5) is 4.39 Å². The number of halogens is 1. The third-order valence-electron chi connectivity index (χ3n) is 3.42. The molecule has 128 valence electrons. The van der Waals surface area contributed by atoms with E-state index < -0.39 is 0 Å². The first-order valence-corrected chi connectivity index (χ1v) is 7.44. The molecule has 0 aliphatic heterocycles. The standard InChI is InChI=1S/C18H20FNO4/c1-22-16-5-3-4-13(10-16)17(23-2)11-20-18(21)12-24-15-8-6-14(19)7-9-15/h3-10,17H,11-12H2,1-2H3,(H,20,21). The van der Waals surface area contributed by atoms with Crippen molar-refractivity contribution in [1.29, 1.82) is 0 Å². The van der Waals surface area contributed by atoms with E-state index in [0.717, 1.165) is 11.3 Å². The molecule has 2 aromatic rings. The van der Waals surface area contributed by atoms with Gasteiger partial charge >= 0.3 is 0 Å². The van der Waals surface area contributed by atoms with Gasteiger partial charge in [-0.15, -0.1) is 0 Å². The molecule has 0 bridgehead atoms. The lowest BCUT2D eigenvalue weighted by Gasteiger charge is -2.17. The van der Waals surface area contributed by atoms with Crippen molar-refractivity contribution in [3.05, 3.63) is 59.9 Å². The smallest absolute Gasteiger partial charge is 0.258 e. The van der Waals surface area contributed by atoms with E-state index in [1.165, 1.54) is 24.3 Å². The van der Waals surface area contributed by atoms with Gasteiger partial charge in [0.15, 0.2) is 6.61 Å². The molecule has 0 aliphatic rings. The molecule has 2 aromatic carbocycles. The Bertz CT molecular complexity index is 660. The summed E-state index contributed by atoms with van der Waals surface area (Å²) < 4.78 is 28.7. The average molecular weight is 333 g/mol. The second-order valence-corrected chi connectivity index (χ2v) is 5.05. The van der Waals surface area contributed by atoms with E-state index in [9.17, 15) is 9.18 Å². The zero-order chi connectivity index (χ0) is 17.4. The van der Waals surface area contributed by atoms with Crippen LogP contribution in [0.2, 0.25) is 0 Å².